The van der Waals surface area contributed by atoms with Crippen molar-refractivity contribution in [3.05, 3.63) is 97.3 Å². The summed E-state index contributed by atoms with van der Waals surface area (Å²) in [5.74, 6) is -2.56. The molecule has 16 heteroatoms. The number of carbonyl (C=O) groups is 4. The number of hydrogen-bond acceptors (Lipinski definition) is 10. The molecule has 1 aliphatic heterocycles. The van der Waals surface area contributed by atoms with Crippen LogP contribution in [0.2, 0.25) is 0 Å². The number of hydrogen-bond donors (Lipinski definition) is 3. The smallest absolute Gasteiger partial charge is 0.259 e. The van der Waals surface area contributed by atoms with E-state index < -0.39 is 86.4 Å². The Balaban J connectivity index is 1.19. The van der Waals surface area contributed by atoms with Crippen LogP contribution in [-0.4, -0.2) is 91.2 Å². The molecule has 4 aromatic rings. The van der Waals surface area contributed by atoms with Gasteiger partial charge in [-0.15, -0.1) is 6.58 Å². The third-order valence-corrected chi connectivity index (χ3v) is 12.9. The Morgan fingerprint density at radius 1 is 1.02 bits per heavy atom. The molecule has 3 fully saturated rings. The van der Waals surface area contributed by atoms with Crippen LogP contribution in [0.25, 0.3) is 22.2 Å². The van der Waals surface area contributed by atoms with Crippen molar-refractivity contribution in [2.24, 2.45) is 11.3 Å². The fraction of sp³-hybridized carbons (Fsp3) is 0.386. The number of nitrogens with zero attached hydrogens (tertiary/aromatic N) is 2. The number of sulfonamides is 1. The van der Waals surface area contributed by atoms with Crippen LogP contribution in [0, 0.1) is 17.2 Å². The molecule has 2 aliphatic carbocycles. The number of nitrogens with one attached hydrogen (secondary N) is 3. The Hall–Kier alpha value is -6.03. The molecule has 3 N–H and O–H groups in total. The topological polar surface area (TPSA) is 182 Å². The van der Waals surface area contributed by atoms with Gasteiger partial charge in [-0.2, -0.15) is 0 Å². The van der Waals surface area contributed by atoms with E-state index in [1.807, 2.05) is 36.4 Å². The zero-order valence-electron chi connectivity index (χ0n) is 33.8. The van der Waals surface area contributed by atoms with Gasteiger partial charge >= 0.3 is 0 Å². The van der Waals surface area contributed by atoms with Crippen molar-refractivity contribution in [1.82, 2.24) is 25.2 Å². The molecule has 4 amide bonds. The number of methoxy groups -OCH3 is 1. The predicted molar refractivity (Wildman–Crippen MR) is 221 cm³/mol. The average molecular weight is 842 g/mol. The lowest BCUT2D eigenvalue weighted by Crippen LogP contribution is -2.60. The van der Waals surface area contributed by atoms with E-state index >= 15 is 0 Å². The zero-order valence-corrected chi connectivity index (χ0v) is 34.6. The van der Waals surface area contributed by atoms with Crippen LogP contribution >= 0.6 is 0 Å². The van der Waals surface area contributed by atoms with E-state index in [4.69, 9.17) is 19.2 Å². The molecule has 3 aliphatic rings. The summed E-state index contributed by atoms with van der Waals surface area (Å²) in [5, 5.41) is 5.55. The van der Waals surface area contributed by atoms with Gasteiger partial charge in [0.05, 0.1) is 30.1 Å². The van der Waals surface area contributed by atoms with Gasteiger partial charge < -0.3 is 29.7 Å². The number of ether oxygens (including phenoxy) is 3. The molecule has 1 aromatic heterocycles. The predicted octanol–water partition coefficient (Wildman–Crippen LogP) is 4.68. The normalized spacial score (nSPS) is 21.7. The van der Waals surface area contributed by atoms with E-state index in [9.17, 15) is 32.0 Å². The molecule has 2 heterocycles. The highest BCUT2D eigenvalue weighted by Crippen LogP contribution is 2.46. The molecule has 3 aromatic carbocycles. The molecule has 7 rings (SSSR count). The van der Waals surface area contributed by atoms with Crippen molar-refractivity contribution in [3.8, 4) is 28.5 Å². The number of fused-ring (bicyclic) bond motifs is 1. The average Bonchev–Trinajstić information content (AvgIpc) is 4.16. The van der Waals surface area contributed by atoms with Crippen molar-refractivity contribution < 1.29 is 46.2 Å². The Morgan fingerprint density at radius 2 is 1.72 bits per heavy atom. The Bertz CT molecular complexity index is 2420. The second-order valence-corrected chi connectivity index (χ2v) is 18.5. The van der Waals surface area contributed by atoms with Crippen molar-refractivity contribution in [3.63, 3.8) is 0 Å². The van der Waals surface area contributed by atoms with E-state index in [-0.39, 0.29) is 25.1 Å². The molecule has 5 atom stereocenters. The van der Waals surface area contributed by atoms with Gasteiger partial charge in [-0.05, 0) is 61.1 Å². The maximum Gasteiger partial charge on any atom is 0.259 e. The second kappa shape index (κ2) is 16.6. The maximum absolute atomic E-state index is 14.8. The number of likely N-dealkylation sites (tertiary alicyclic amines) is 1. The zero-order chi connectivity index (χ0) is 43.0. The Morgan fingerprint density at radius 3 is 2.35 bits per heavy atom. The first kappa shape index (κ1) is 42.1. The summed E-state index contributed by atoms with van der Waals surface area (Å²) in [6.07, 6.45) is 1.68. The largest absolute Gasteiger partial charge is 0.497 e. The molecule has 0 spiro atoms. The van der Waals surface area contributed by atoms with Crippen LogP contribution in [-0.2, 0) is 29.2 Å². The Labute approximate surface area is 347 Å². The lowest BCUT2D eigenvalue weighted by atomic mass is 9.85. The van der Waals surface area contributed by atoms with E-state index in [0.29, 0.717) is 40.9 Å². The van der Waals surface area contributed by atoms with Crippen LogP contribution in [0.3, 0.4) is 0 Å². The summed E-state index contributed by atoms with van der Waals surface area (Å²) in [5.41, 5.74) is -0.454. The molecule has 0 radical (unpaired) electrons. The standard InChI is InChI=1S/C44H48FN5O9S/c1-6-27-23-44(27,42(54)49-60(55,56)32-17-18-32)48-40(52)36-21-31(59-37-22-34(26-10-8-7-9-11-26)46-35-20-30(57-5)16-19-33(35)37)24-50(36)41(53)39(43(2,3)4)47-38(51)25-58-29-14-12-28(45)13-15-29/h6-16,19-20,22,27,31-32,36,39H,1,17-18,21,23-25H2,2-5H3,(H,47,51)(H,48,52)(H,49,54)/t27?,31-,36+,39-,44?/m1/s1. The first-order valence-electron chi connectivity index (χ1n) is 19.7. The lowest BCUT2D eigenvalue weighted by Gasteiger charge is -2.35. The van der Waals surface area contributed by atoms with Crippen molar-refractivity contribution in [2.75, 3.05) is 20.3 Å². The molecule has 2 unspecified atom stereocenters. The summed E-state index contributed by atoms with van der Waals surface area (Å²) >= 11 is 0. The fourth-order valence-electron chi connectivity index (χ4n) is 7.43. The molecule has 60 heavy (non-hydrogen) atoms. The first-order chi connectivity index (χ1) is 28.5. The summed E-state index contributed by atoms with van der Waals surface area (Å²) < 4.78 is 58.9. The summed E-state index contributed by atoms with van der Waals surface area (Å²) in [7, 11) is -2.39. The molecular formula is C44H48FN5O9S. The SMILES string of the molecule is C=CC1CC1(NC(=O)[C@@H]1C[C@@H](Oc2cc(-c3ccccc3)nc3cc(OC)ccc23)CN1C(=O)[C@@H](NC(=O)COc1ccc(F)cc1)C(C)(C)C)C(=O)NS(=O)(=O)C1CC1. The molecule has 14 nitrogen and oxygen atoms in total. The molecule has 1 saturated heterocycles. The van der Waals surface area contributed by atoms with Gasteiger partial charge in [-0.25, -0.2) is 17.8 Å². The van der Waals surface area contributed by atoms with Gasteiger partial charge in [0.25, 0.3) is 11.8 Å². The number of halogens is 1. The van der Waals surface area contributed by atoms with Crippen LogP contribution in [0.15, 0.2) is 91.5 Å². The lowest BCUT2D eigenvalue weighted by molar-refractivity contribution is -0.144. The third-order valence-electron chi connectivity index (χ3n) is 11.0. The van der Waals surface area contributed by atoms with E-state index in [1.165, 1.54) is 35.2 Å². The highest BCUT2D eigenvalue weighted by Gasteiger charge is 2.62. The van der Waals surface area contributed by atoms with Crippen molar-refractivity contribution in [2.45, 2.75) is 75.4 Å². The van der Waals surface area contributed by atoms with Gasteiger partial charge in [0.1, 0.15) is 46.8 Å². The minimum Gasteiger partial charge on any atom is -0.497 e. The van der Waals surface area contributed by atoms with Crippen molar-refractivity contribution in [1.29, 1.82) is 0 Å². The van der Waals surface area contributed by atoms with Crippen molar-refractivity contribution >= 4 is 44.6 Å². The number of carbonyl (C=O) groups excluding carboxylic acids is 4. The van der Waals surface area contributed by atoms with E-state index in [0.717, 1.165) is 5.56 Å². The summed E-state index contributed by atoms with van der Waals surface area (Å²) in [6, 6.07) is 19.4. The van der Waals surface area contributed by atoms with E-state index in [1.54, 1.807) is 46.1 Å². The number of rotatable bonds is 15. The molecule has 0 bridgehead atoms. The first-order valence-corrected chi connectivity index (χ1v) is 21.3. The fourth-order valence-corrected chi connectivity index (χ4v) is 8.79. The van der Waals surface area contributed by atoms with Crippen LogP contribution in [0.5, 0.6) is 17.2 Å². The minimum atomic E-state index is -3.94. The summed E-state index contributed by atoms with van der Waals surface area (Å²) in [4.78, 5) is 62.4. The quantitative estimate of drug-likeness (QED) is 0.142. The highest BCUT2D eigenvalue weighted by molar-refractivity contribution is 7.91. The van der Waals surface area contributed by atoms with Gasteiger partial charge in [0.15, 0.2) is 6.61 Å². The second-order valence-electron chi connectivity index (χ2n) is 16.5. The van der Waals surface area contributed by atoms with Gasteiger partial charge in [0.2, 0.25) is 21.8 Å². The molecule has 316 valence electrons. The maximum atomic E-state index is 14.8. The molecular weight excluding hydrogens is 794 g/mol. The number of amides is 4. The third kappa shape index (κ3) is 9.08. The minimum absolute atomic E-state index is 0.0203. The Kier molecular flexibility index (Phi) is 11.6. The monoisotopic (exact) mass is 841 g/mol. The number of pyridine rings is 1. The molecule has 2 saturated carbocycles. The van der Waals surface area contributed by atoms with Gasteiger partial charge in [0, 0.05) is 35.4 Å². The van der Waals surface area contributed by atoms with Gasteiger partial charge in [-0.3, -0.25) is 23.9 Å². The van der Waals surface area contributed by atoms with Crippen LogP contribution in [0.1, 0.15) is 46.5 Å². The number of aromatic nitrogens is 1. The van der Waals surface area contributed by atoms with Gasteiger partial charge in [-0.1, -0.05) is 57.2 Å². The van der Waals surface area contributed by atoms with E-state index in [2.05, 4.69) is 21.9 Å². The van der Waals surface area contributed by atoms with Crippen LogP contribution < -0.4 is 29.6 Å². The summed E-state index contributed by atoms with van der Waals surface area (Å²) in [6.45, 7) is 8.50. The number of benzene rings is 3. The van der Waals surface area contributed by atoms with Crippen LogP contribution in [0.4, 0.5) is 4.39 Å². The highest BCUT2D eigenvalue weighted by atomic mass is 32.2.